The molecule has 3 aromatic rings. The highest BCUT2D eigenvalue weighted by Gasteiger charge is 2.23. The van der Waals surface area contributed by atoms with Crippen LogP contribution in [-0.2, 0) is 0 Å². The topological polar surface area (TPSA) is 56.7 Å². The Bertz CT molecular complexity index is 1150. The molecule has 6 nitrogen and oxygen atoms in total. The smallest absolute Gasteiger partial charge is 0.155 e. The number of halogens is 1. The summed E-state index contributed by atoms with van der Waals surface area (Å²) in [6.45, 7) is 8.73. The molecule has 0 atom stereocenters. The zero-order chi connectivity index (χ0) is 23.9. The Hall–Kier alpha value is -3.22. The molecule has 4 rings (SSSR count). The first-order valence-electron chi connectivity index (χ1n) is 11.5. The number of anilines is 2. The van der Waals surface area contributed by atoms with Crippen molar-refractivity contribution in [3.63, 3.8) is 0 Å². The second-order valence-corrected chi connectivity index (χ2v) is 8.84. The molecule has 34 heavy (non-hydrogen) atoms. The number of hydrogen-bond acceptors (Lipinski definition) is 6. The van der Waals surface area contributed by atoms with Crippen LogP contribution in [0.1, 0.15) is 13.8 Å². The number of hydrogen-bond donors (Lipinski definition) is 1. The summed E-state index contributed by atoms with van der Waals surface area (Å²) in [5.74, 6) is 0.925. The number of nitrogens with one attached hydrogen (secondary N) is 1. The average molecular weight is 475 g/mol. The standard InChI is InChI=1S/C27H31ClN6/c1-20(29-3)25(21(2)32-24-7-5-4-6-8-24)19-33-15-17-34(18-16-33)27-26(30-13-14-31-27)22-9-11-23(28)12-10-22/h4-14,32H,15-19H2,1-3H3/b25-21-,29-20?. The third kappa shape index (κ3) is 5.82. The zero-order valence-corrected chi connectivity index (χ0v) is 20.8. The van der Waals surface area contributed by atoms with Crippen LogP contribution in [0, 0.1) is 0 Å². The van der Waals surface area contributed by atoms with Gasteiger partial charge in [-0.25, -0.2) is 4.98 Å². The van der Waals surface area contributed by atoms with Gasteiger partial charge in [0.25, 0.3) is 0 Å². The molecule has 2 aromatic carbocycles. The van der Waals surface area contributed by atoms with Crippen LogP contribution < -0.4 is 10.2 Å². The van der Waals surface area contributed by atoms with E-state index in [-0.39, 0.29) is 0 Å². The Morgan fingerprint density at radius 1 is 0.941 bits per heavy atom. The molecular formula is C27H31ClN6. The van der Waals surface area contributed by atoms with Gasteiger partial charge in [-0.1, -0.05) is 41.9 Å². The Morgan fingerprint density at radius 2 is 1.62 bits per heavy atom. The summed E-state index contributed by atoms with van der Waals surface area (Å²) in [6.07, 6.45) is 3.51. The molecule has 0 saturated carbocycles. The first kappa shape index (κ1) is 23.9. The summed E-state index contributed by atoms with van der Waals surface area (Å²) < 4.78 is 0. The van der Waals surface area contributed by atoms with Crippen molar-refractivity contribution in [2.24, 2.45) is 4.99 Å². The van der Waals surface area contributed by atoms with Crippen molar-refractivity contribution in [3.8, 4) is 11.3 Å². The zero-order valence-electron chi connectivity index (χ0n) is 20.0. The van der Waals surface area contributed by atoms with Crippen molar-refractivity contribution in [1.82, 2.24) is 14.9 Å². The van der Waals surface area contributed by atoms with E-state index < -0.39 is 0 Å². The van der Waals surface area contributed by atoms with E-state index in [2.05, 4.69) is 56.1 Å². The SMILES string of the molecule is CN=C(C)/C(CN1CCN(c2nccnc2-c2ccc(Cl)cc2)CC1)=C(/C)Nc1ccccc1. The monoisotopic (exact) mass is 474 g/mol. The maximum atomic E-state index is 6.08. The highest BCUT2D eigenvalue weighted by atomic mass is 35.5. The summed E-state index contributed by atoms with van der Waals surface area (Å²) in [6, 6.07) is 18.1. The molecule has 0 spiro atoms. The number of aliphatic imine (C=N–C) groups is 1. The molecule has 0 bridgehead atoms. The van der Waals surface area contributed by atoms with Crippen LogP contribution in [0.3, 0.4) is 0 Å². The van der Waals surface area contributed by atoms with Gasteiger partial charge in [-0.2, -0.15) is 0 Å². The minimum atomic E-state index is 0.717. The van der Waals surface area contributed by atoms with Gasteiger partial charge < -0.3 is 10.2 Å². The van der Waals surface area contributed by atoms with Crippen LogP contribution in [-0.4, -0.2) is 60.4 Å². The predicted octanol–water partition coefficient (Wildman–Crippen LogP) is 5.40. The van der Waals surface area contributed by atoms with E-state index in [0.29, 0.717) is 0 Å². The maximum absolute atomic E-state index is 6.08. The van der Waals surface area contributed by atoms with E-state index in [1.54, 1.807) is 12.4 Å². The van der Waals surface area contributed by atoms with Crippen molar-refractivity contribution in [1.29, 1.82) is 0 Å². The van der Waals surface area contributed by atoms with Crippen molar-refractivity contribution >= 4 is 28.8 Å². The van der Waals surface area contributed by atoms with Gasteiger partial charge in [0.1, 0.15) is 5.69 Å². The third-order valence-corrected chi connectivity index (χ3v) is 6.43. The van der Waals surface area contributed by atoms with Gasteiger partial charge in [0.2, 0.25) is 0 Å². The van der Waals surface area contributed by atoms with E-state index in [1.165, 1.54) is 5.57 Å². The van der Waals surface area contributed by atoms with Crippen LogP contribution in [0.15, 0.2) is 83.3 Å². The molecule has 176 valence electrons. The molecule has 1 aromatic heterocycles. The average Bonchev–Trinajstić information content (AvgIpc) is 2.88. The van der Waals surface area contributed by atoms with Crippen molar-refractivity contribution in [2.45, 2.75) is 13.8 Å². The maximum Gasteiger partial charge on any atom is 0.155 e. The highest BCUT2D eigenvalue weighted by molar-refractivity contribution is 6.30. The fourth-order valence-electron chi connectivity index (χ4n) is 4.17. The van der Waals surface area contributed by atoms with Gasteiger partial charge in [-0.05, 0) is 38.1 Å². The van der Waals surface area contributed by atoms with Crippen LogP contribution >= 0.6 is 11.6 Å². The largest absolute Gasteiger partial charge is 0.359 e. The second-order valence-electron chi connectivity index (χ2n) is 8.40. The summed E-state index contributed by atoms with van der Waals surface area (Å²) >= 11 is 6.08. The fourth-order valence-corrected chi connectivity index (χ4v) is 4.29. The summed E-state index contributed by atoms with van der Waals surface area (Å²) in [5, 5.41) is 4.26. The second kappa shape index (κ2) is 11.3. The van der Waals surface area contributed by atoms with Crippen LogP contribution in [0.25, 0.3) is 11.3 Å². The molecule has 1 saturated heterocycles. The number of rotatable bonds is 7. The molecule has 1 N–H and O–H groups in total. The van der Waals surface area contributed by atoms with Crippen LogP contribution in [0.2, 0.25) is 5.02 Å². The van der Waals surface area contributed by atoms with E-state index in [4.69, 9.17) is 11.6 Å². The van der Waals surface area contributed by atoms with Crippen molar-refractivity contribution < 1.29 is 0 Å². The van der Waals surface area contributed by atoms with Crippen LogP contribution in [0.4, 0.5) is 11.5 Å². The Labute approximate surface area is 207 Å². The highest BCUT2D eigenvalue weighted by Crippen LogP contribution is 2.28. The minimum absolute atomic E-state index is 0.717. The van der Waals surface area contributed by atoms with Gasteiger partial charge in [0.15, 0.2) is 5.82 Å². The van der Waals surface area contributed by atoms with Crippen LogP contribution in [0.5, 0.6) is 0 Å². The van der Waals surface area contributed by atoms with Crippen molar-refractivity contribution in [2.75, 3.05) is 50.0 Å². The number of allylic oxidation sites excluding steroid dienone is 1. The first-order chi connectivity index (χ1) is 16.5. The van der Waals surface area contributed by atoms with E-state index in [0.717, 1.165) is 71.9 Å². The number of nitrogens with zero attached hydrogens (tertiary/aromatic N) is 5. The summed E-state index contributed by atoms with van der Waals surface area (Å²) in [5.41, 5.74) is 6.44. The minimum Gasteiger partial charge on any atom is -0.359 e. The molecule has 1 aliphatic rings. The predicted molar refractivity (Wildman–Crippen MR) is 143 cm³/mol. The lowest BCUT2D eigenvalue weighted by molar-refractivity contribution is 0.280. The molecule has 0 aliphatic carbocycles. The number of benzene rings is 2. The quantitative estimate of drug-likeness (QED) is 0.465. The molecule has 1 aliphatic heterocycles. The van der Waals surface area contributed by atoms with Gasteiger partial charge in [-0.3, -0.25) is 14.9 Å². The van der Waals surface area contributed by atoms with E-state index >= 15 is 0 Å². The molecule has 1 fully saturated rings. The van der Waals surface area contributed by atoms with Gasteiger partial charge in [0, 0.05) is 85.4 Å². The number of piperazine rings is 1. The van der Waals surface area contributed by atoms with Gasteiger partial charge in [0.05, 0.1) is 0 Å². The number of para-hydroxylation sites is 1. The molecule has 2 heterocycles. The van der Waals surface area contributed by atoms with Crippen molar-refractivity contribution in [3.05, 3.63) is 83.3 Å². The Morgan fingerprint density at radius 3 is 2.29 bits per heavy atom. The van der Waals surface area contributed by atoms with E-state index in [1.807, 2.05) is 49.5 Å². The Kier molecular flexibility index (Phi) is 7.93. The lowest BCUT2D eigenvalue weighted by atomic mass is 10.1. The summed E-state index contributed by atoms with van der Waals surface area (Å²) in [7, 11) is 1.86. The summed E-state index contributed by atoms with van der Waals surface area (Å²) in [4.78, 5) is 18.6. The van der Waals surface area contributed by atoms with Gasteiger partial charge >= 0.3 is 0 Å². The van der Waals surface area contributed by atoms with E-state index in [9.17, 15) is 0 Å². The molecule has 7 heteroatoms. The molecular weight excluding hydrogens is 444 g/mol. The Balaban J connectivity index is 1.46. The molecule has 0 radical (unpaired) electrons. The number of aromatic nitrogens is 2. The first-order valence-corrected chi connectivity index (χ1v) is 11.9. The third-order valence-electron chi connectivity index (χ3n) is 6.18. The van der Waals surface area contributed by atoms with Gasteiger partial charge in [-0.15, -0.1) is 0 Å². The fraction of sp³-hybridized carbons (Fsp3) is 0.296. The molecule has 0 amide bonds. The lowest BCUT2D eigenvalue weighted by Gasteiger charge is -2.36. The lowest BCUT2D eigenvalue weighted by Crippen LogP contribution is -2.47. The molecule has 0 unspecified atom stereocenters. The normalized spacial score (nSPS) is 15.8.